The van der Waals surface area contributed by atoms with Crippen molar-refractivity contribution in [2.24, 2.45) is 0 Å². The minimum atomic E-state index is -2.89. The second kappa shape index (κ2) is 8.03. The average Bonchev–Trinajstić information content (AvgIpc) is 2.63. The number of carbonyl (C=O) groups is 1. The van der Waals surface area contributed by atoms with Crippen LogP contribution in [0, 0.1) is 0 Å². The van der Waals surface area contributed by atoms with Gasteiger partial charge in [-0.15, -0.1) is 0 Å². The second-order valence-corrected chi connectivity index (χ2v) is 6.98. The zero-order valence-corrected chi connectivity index (χ0v) is 14.6. The summed E-state index contributed by atoms with van der Waals surface area (Å²) in [6, 6.07) is 18.6. The van der Waals surface area contributed by atoms with Crippen LogP contribution in [-0.2, 0) is 21.9 Å². The Kier molecular flexibility index (Phi) is 5.56. The fourth-order valence-corrected chi connectivity index (χ4v) is 3.84. The van der Waals surface area contributed by atoms with E-state index in [2.05, 4.69) is 4.98 Å². The monoisotopic (exact) mass is 353 g/mol. The molecule has 0 amide bonds. The van der Waals surface area contributed by atoms with Gasteiger partial charge in [-0.1, -0.05) is 48.5 Å². The normalized spacial score (nSPS) is 12.4. The van der Waals surface area contributed by atoms with Crippen LogP contribution >= 0.6 is 0 Å². The van der Waals surface area contributed by atoms with E-state index in [9.17, 15) is 13.2 Å². The van der Waals surface area contributed by atoms with Crippen molar-refractivity contribution in [2.75, 3.05) is 0 Å². The predicted molar refractivity (Wildman–Crippen MR) is 99.2 cm³/mol. The molecule has 0 fully saturated rings. The topological polar surface area (TPSA) is 64.1 Å². The third-order valence-electron chi connectivity index (χ3n) is 4.22. The van der Waals surface area contributed by atoms with E-state index in [4.69, 9.17) is 0 Å². The number of hydrogen-bond donors (Lipinski definition) is 1. The van der Waals surface area contributed by atoms with Crippen LogP contribution in [0.2, 0.25) is 0 Å². The smallest absolute Gasteiger partial charge is 0.155 e. The predicted octanol–water partition coefficient (Wildman–Crippen LogP) is 3.48. The van der Waals surface area contributed by atoms with Gasteiger partial charge >= 0.3 is 0 Å². The number of Topliss-reactive ketones (excluding diaryl/α,β-unsaturated/α-hetero) is 1. The fourth-order valence-electron chi connectivity index (χ4n) is 3.02. The lowest BCUT2D eigenvalue weighted by Crippen LogP contribution is -2.15. The van der Waals surface area contributed by atoms with Crippen molar-refractivity contribution in [1.82, 2.24) is 4.98 Å². The third kappa shape index (κ3) is 4.12. The summed E-state index contributed by atoms with van der Waals surface area (Å²) in [6.45, 7) is 0. The maximum atomic E-state index is 12.6. The molecule has 5 heteroatoms. The highest BCUT2D eigenvalue weighted by Gasteiger charge is 2.24. The van der Waals surface area contributed by atoms with Crippen LogP contribution in [0.4, 0.5) is 0 Å². The van der Waals surface area contributed by atoms with Gasteiger partial charge in [-0.3, -0.25) is 9.78 Å². The van der Waals surface area contributed by atoms with Crippen LogP contribution in [-0.4, -0.2) is 19.2 Å². The van der Waals surface area contributed by atoms with Crippen LogP contribution in [0.3, 0.4) is 0 Å². The van der Waals surface area contributed by atoms with E-state index in [1.54, 1.807) is 18.3 Å². The first-order valence-corrected chi connectivity index (χ1v) is 9.45. The summed E-state index contributed by atoms with van der Waals surface area (Å²) < 4.78 is 23.6. The molecule has 1 heterocycles. The van der Waals surface area contributed by atoms with Gasteiger partial charge in [0, 0.05) is 18.3 Å². The van der Waals surface area contributed by atoms with Gasteiger partial charge in [0.1, 0.15) is 5.25 Å². The zero-order chi connectivity index (χ0) is 17.6. The molecule has 3 rings (SSSR count). The standard InChI is InChI=1S/C20H19NO3S/c22-19(13-6-10-16-9-3-4-14-21-16)20(25(23)24)18-12-5-8-15-7-1-2-11-17(15)18/h1-5,7-9,11-12,14,20,25H,6,10,13H2. The van der Waals surface area contributed by atoms with Gasteiger partial charge < -0.3 is 0 Å². The molecule has 1 aromatic heterocycles. The number of hydrogen-bond acceptors (Lipinski definition) is 4. The molecular formula is C20H19NO3S. The van der Waals surface area contributed by atoms with Crippen molar-refractivity contribution >= 4 is 27.3 Å². The molecule has 3 aromatic rings. The maximum absolute atomic E-state index is 12.6. The molecule has 0 radical (unpaired) electrons. The van der Waals surface area contributed by atoms with Gasteiger partial charge in [0.25, 0.3) is 0 Å². The SMILES string of the molecule is O=C(CCCc1ccccn1)C(c1cccc2ccccc12)[SH](=O)=O. The summed E-state index contributed by atoms with van der Waals surface area (Å²) in [4.78, 5) is 16.8. The summed E-state index contributed by atoms with van der Waals surface area (Å²) in [5, 5.41) is 0.653. The number of fused-ring (bicyclic) bond motifs is 1. The van der Waals surface area contributed by atoms with E-state index in [-0.39, 0.29) is 12.2 Å². The van der Waals surface area contributed by atoms with Crippen LogP contribution in [0.1, 0.15) is 29.3 Å². The third-order valence-corrected chi connectivity index (χ3v) is 5.20. The van der Waals surface area contributed by atoms with E-state index >= 15 is 0 Å². The molecule has 0 saturated carbocycles. The Labute approximate surface area is 148 Å². The highest BCUT2D eigenvalue weighted by Crippen LogP contribution is 2.28. The summed E-state index contributed by atoms with van der Waals surface area (Å²) >= 11 is 0. The number of pyridine rings is 1. The van der Waals surface area contributed by atoms with E-state index in [1.807, 2.05) is 48.5 Å². The molecule has 128 valence electrons. The zero-order valence-electron chi connectivity index (χ0n) is 13.7. The first-order chi connectivity index (χ1) is 12.2. The molecule has 0 spiro atoms. The molecule has 0 aliphatic rings. The van der Waals surface area contributed by atoms with Crippen molar-refractivity contribution in [2.45, 2.75) is 24.5 Å². The lowest BCUT2D eigenvalue weighted by Gasteiger charge is -2.13. The van der Waals surface area contributed by atoms with Gasteiger partial charge in [-0.25, -0.2) is 8.42 Å². The molecule has 0 aliphatic carbocycles. The minimum absolute atomic E-state index is 0.216. The number of aryl methyl sites for hydroxylation is 1. The van der Waals surface area contributed by atoms with Gasteiger partial charge in [-0.05, 0) is 41.3 Å². The Morgan fingerprint density at radius 2 is 1.72 bits per heavy atom. The Hall–Kier alpha value is -2.53. The first-order valence-electron chi connectivity index (χ1n) is 8.20. The lowest BCUT2D eigenvalue weighted by molar-refractivity contribution is -0.118. The van der Waals surface area contributed by atoms with Crippen molar-refractivity contribution < 1.29 is 13.2 Å². The Bertz CT molecular complexity index is 938. The van der Waals surface area contributed by atoms with Gasteiger partial charge in [-0.2, -0.15) is 0 Å². The Morgan fingerprint density at radius 3 is 2.48 bits per heavy atom. The average molecular weight is 353 g/mol. The van der Waals surface area contributed by atoms with Gasteiger partial charge in [0.2, 0.25) is 0 Å². The number of nitrogens with zero attached hydrogens (tertiary/aromatic N) is 1. The van der Waals surface area contributed by atoms with Crippen molar-refractivity contribution in [3.05, 3.63) is 78.1 Å². The summed E-state index contributed by atoms with van der Waals surface area (Å²) in [7, 11) is -2.89. The largest absolute Gasteiger partial charge is 0.298 e. The number of aromatic nitrogens is 1. The Morgan fingerprint density at radius 1 is 0.960 bits per heavy atom. The molecule has 0 aliphatic heterocycles. The highest BCUT2D eigenvalue weighted by molar-refractivity contribution is 7.73. The minimum Gasteiger partial charge on any atom is -0.298 e. The number of ketones is 1. The molecule has 1 unspecified atom stereocenters. The molecular weight excluding hydrogens is 334 g/mol. The first kappa shape index (κ1) is 17.3. The number of benzene rings is 2. The van der Waals surface area contributed by atoms with E-state index in [0.717, 1.165) is 16.5 Å². The molecule has 1 atom stereocenters. The Balaban J connectivity index is 1.79. The number of rotatable bonds is 7. The van der Waals surface area contributed by atoms with E-state index in [1.165, 1.54) is 0 Å². The van der Waals surface area contributed by atoms with Crippen molar-refractivity contribution in [3.63, 3.8) is 0 Å². The van der Waals surface area contributed by atoms with Gasteiger partial charge in [0.05, 0.1) is 0 Å². The molecule has 25 heavy (non-hydrogen) atoms. The van der Waals surface area contributed by atoms with Gasteiger partial charge in [0.15, 0.2) is 16.5 Å². The molecule has 2 aromatic carbocycles. The van der Waals surface area contributed by atoms with E-state index < -0.39 is 16.0 Å². The lowest BCUT2D eigenvalue weighted by atomic mass is 9.98. The van der Waals surface area contributed by atoms with Crippen LogP contribution in [0.5, 0.6) is 0 Å². The van der Waals surface area contributed by atoms with Crippen LogP contribution in [0.25, 0.3) is 10.8 Å². The molecule has 0 N–H and O–H groups in total. The number of thiol groups is 1. The van der Waals surface area contributed by atoms with Crippen LogP contribution in [0.15, 0.2) is 66.9 Å². The molecule has 0 bridgehead atoms. The van der Waals surface area contributed by atoms with Crippen molar-refractivity contribution in [1.29, 1.82) is 0 Å². The molecule has 0 saturated heterocycles. The number of carbonyl (C=O) groups excluding carboxylic acids is 1. The van der Waals surface area contributed by atoms with Crippen LogP contribution < -0.4 is 0 Å². The molecule has 4 nitrogen and oxygen atoms in total. The summed E-state index contributed by atoms with van der Waals surface area (Å²) in [5.74, 6) is -0.261. The summed E-state index contributed by atoms with van der Waals surface area (Å²) in [6.07, 6.45) is 3.17. The van der Waals surface area contributed by atoms with Crippen molar-refractivity contribution in [3.8, 4) is 0 Å². The summed E-state index contributed by atoms with van der Waals surface area (Å²) in [5.41, 5.74) is 1.47. The second-order valence-electron chi connectivity index (χ2n) is 5.90. The van der Waals surface area contributed by atoms with E-state index in [0.29, 0.717) is 18.4 Å². The quantitative estimate of drug-likeness (QED) is 0.661. The fraction of sp³-hybridized carbons (Fsp3) is 0.200. The highest BCUT2D eigenvalue weighted by atomic mass is 32.2. The maximum Gasteiger partial charge on any atom is 0.155 e.